The lowest BCUT2D eigenvalue weighted by Crippen LogP contribution is -2.25. The van der Waals surface area contributed by atoms with Gasteiger partial charge in [0.15, 0.2) is 0 Å². The van der Waals surface area contributed by atoms with Gasteiger partial charge in [0.1, 0.15) is 16.9 Å². The number of halogens is 1. The maximum atomic E-state index is 13.4. The second-order valence-corrected chi connectivity index (χ2v) is 6.65. The number of carboxylic acids is 1. The van der Waals surface area contributed by atoms with Crippen LogP contribution in [0, 0.1) is 5.82 Å². The SMILES string of the molecule is O=C(O)C1(c2c(-c3ccncc3)c(-c3ccc(F)cc3)nn2CCO)CC1. The van der Waals surface area contributed by atoms with Crippen LogP contribution < -0.4 is 0 Å². The van der Waals surface area contributed by atoms with Gasteiger partial charge in [-0.1, -0.05) is 0 Å². The zero-order valence-corrected chi connectivity index (χ0v) is 14.5. The van der Waals surface area contributed by atoms with Crippen molar-refractivity contribution in [2.75, 3.05) is 6.61 Å². The van der Waals surface area contributed by atoms with Crippen molar-refractivity contribution in [3.05, 3.63) is 60.3 Å². The van der Waals surface area contributed by atoms with E-state index in [1.165, 1.54) is 12.1 Å². The van der Waals surface area contributed by atoms with E-state index in [2.05, 4.69) is 10.1 Å². The van der Waals surface area contributed by atoms with Crippen molar-refractivity contribution in [3.8, 4) is 22.4 Å². The van der Waals surface area contributed by atoms with Crippen molar-refractivity contribution in [3.63, 3.8) is 0 Å². The van der Waals surface area contributed by atoms with Gasteiger partial charge >= 0.3 is 5.97 Å². The van der Waals surface area contributed by atoms with E-state index in [1.807, 2.05) is 0 Å². The predicted octanol–water partition coefficient (Wildman–Crippen LogP) is 2.86. The van der Waals surface area contributed by atoms with Crippen LogP contribution in [0.15, 0.2) is 48.8 Å². The molecule has 0 saturated heterocycles. The Balaban J connectivity index is 2.02. The van der Waals surface area contributed by atoms with Gasteiger partial charge in [0.2, 0.25) is 0 Å². The summed E-state index contributed by atoms with van der Waals surface area (Å²) in [5.74, 6) is -1.26. The van der Waals surface area contributed by atoms with Crippen molar-refractivity contribution in [2.45, 2.75) is 24.8 Å². The van der Waals surface area contributed by atoms with Crippen LogP contribution in [-0.4, -0.2) is 37.6 Å². The molecular formula is C20H18FN3O3. The molecule has 0 unspecified atom stereocenters. The molecule has 138 valence electrons. The van der Waals surface area contributed by atoms with Crippen molar-refractivity contribution >= 4 is 5.97 Å². The van der Waals surface area contributed by atoms with Crippen molar-refractivity contribution in [1.29, 1.82) is 0 Å². The Morgan fingerprint density at radius 2 is 1.78 bits per heavy atom. The van der Waals surface area contributed by atoms with Gasteiger partial charge in [-0.05, 0) is 54.8 Å². The lowest BCUT2D eigenvalue weighted by atomic mass is 9.91. The number of aliphatic carboxylic acids is 1. The first-order valence-corrected chi connectivity index (χ1v) is 8.69. The molecule has 2 aromatic heterocycles. The number of pyridine rings is 1. The highest BCUT2D eigenvalue weighted by Gasteiger charge is 2.56. The Morgan fingerprint density at radius 3 is 2.33 bits per heavy atom. The molecule has 0 amide bonds. The number of nitrogens with zero attached hydrogens (tertiary/aromatic N) is 3. The first kappa shape index (κ1) is 17.4. The van der Waals surface area contributed by atoms with Crippen LogP contribution in [-0.2, 0) is 16.8 Å². The fraction of sp³-hybridized carbons (Fsp3) is 0.250. The molecule has 27 heavy (non-hydrogen) atoms. The Kier molecular flexibility index (Phi) is 4.24. The van der Waals surface area contributed by atoms with Gasteiger partial charge in [-0.25, -0.2) is 4.39 Å². The third-order valence-corrected chi connectivity index (χ3v) is 4.96. The second-order valence-electron chi connectivity index (χ2n) is 6.65. The maximum absolute atomic E-state index is 13.4. The van der Waals surface area contributed by atoms with Crippen molar-refractivity contribution < 1.29 is 19.4 Å². The standard InChI is InChI=1S/C20H18FN3O3/c21-15-3-1-14(2-4-15)17-16(13-5-9-22-10-6-13)18(24(23-17)11-12-25)20(7-8-20)19(26)27/h1-6,9-10,25H,7-8,11-12H2,(H,26,27). The molecule has 7 heteroatoms. The van der Waals surface area contributed by atoms with Crippen LogP contribution in [0.1, 0.15) is 18.5 Å². The lowest BCUT2D eigenvalue weighted by Gasteiger charge is -2.15. The summed E-state index contributed by atoms with van der Waals surface area (Å²) >= 11 is 0. The Morgan fingerprint density at radius 1 is 1.11 bits per heavy atom. The number of benzene rings is 1. The highest BCUT2D eigenvalue weighted by molar-refractivity contribution is 5.92. The zero-order valence-electron chi connectivity index (χ0n) is 14.5. The Labute approximate surface area is 154 Å². The topological polar surface area (TPSA) is 88.2 Å². The first-order chi connectivity index (χ1) is 13.1. The molecular weight excluding hydrogens is 349 g/mol. The summed E-state index contributed by atoms with van der Waals surface area (Å²) in [5, 5.41) is 24.0. The van der Waals surface area contributed by atoms with E-state index in [-0.39, 0.29) is 19.0 Å². The number of aliphatic hydroxyl groups is 1. The van der Waals surface area contributed by atoms with Crippen LogP contribution in [0.2, 0.25) is 0 Å². The quantitative estimate of drug-likeness (QED) is 0.699. The monoisotopic (exact) mass is 367 g/mol. The van der Waals surface area contributed by atoms with E-state index in [0.717, 1.165) is 5.56 Å². The van der Waals surface area contributed by atoms with Gasteiger partial charge in [-0.3, -0.25) is 14.5 Å². The predicted molar refractivity (Wildman–Crippen MR) is 96.5 cm³/mol. The van der Waals surface area contributed by atoms with E-state index in [9.17, 15) is 19.4 Å². The largest absolute Gasteiger partial charge is 0.481 e. The minimum atomic E-state index is -1.01. The second kappa shape index (κ2) is 6.59. The molecule has 3 aromatic rings. The molecule has 4 rings (SSSR count). The first-order valence-electron chi connectivity index (χ1n) is 8.69. The van der Waals surface area contributed by atoms with E-state index < -0.39 is 11.4 Å². The highest BCUT2D eigenvalue weighted by atomic mass is 19.1. The van der Waals surface area contributed by atoms with Gasteiger partial charge in [-0.15, -0.1) is 0 Å². The number of aliphatic hydroxyl groups excluding tert-OH is 1. The summed E-state index contributed by atoms with van der Waals surface area (Å²) in [5.41, 5.74) is 2.29. The van der Waals surface area contributed by atoms with Gasteiger partial charge in [-0.2, -0.15) is 5.10 Å². The van der Waals surface area contributed by atoms with E-state index in [1.54, 1.807) is 41.3 Å². The van der Waals surface area contributed by atoms with Crippen LogP contribution in [0.25, 0.3) is 22.4 Å². The molecule has 1 fully saturated rings. The third-order valence-electron chi connectivity index (χ3n) is 4.96. The zero-order chi connectivity index (χ0) is 19.0. The molecule has 6 nitrogen and oxygen atoms in total. The summed E-state index contributed by atoms with van der Waals surface area (Å²) < 4.78 is 15.0. The molecule has 1 aromatic carbocycles. The van der Waals surface area contributed by atoms with Gasteiger partial charge in [0, 0.05) is 23.5 Å². The number of aromatic nitrogens is 3. The van der Waals surface area contributed by atoms with E-state index in [4.69, 9.17) is 0 Å². The van der Waals surface area contributed by atoms with Gasteiger partial charge < -0.3 is 10.2 Å². The highest BCUT2D eigenvalue weighted by Crippen LogP contribution is 2.53. The van der Waals surface area contributed by atoms with E-state index >= 15 is 0 Å². The molecule has 1 aliphatic carbocycles. The Hall–Kier alpha value is -3.06. The molecule has 0 bridgehead atoms. The maximum Gasteiger partial charge on any atom is 0.315 e. The normalized spacial score (nSPS) is 14.9. The van der Waals surface area contributed by atoms with Gasteiger partial charge in [0.05, 0.1) is 18.8 Å². The van der Waals surface area contributed by atoms with Gasteiger partial charge in [0.25, 0.3) is 0 Å². The van der Waals surface area contributed by atoms with Crippen molar-refractivity contribution in [2.24, 2.45) is 0 Å². The lowest BCUT2D eigenvalue weighted by molar-refractivity contribution is -0.140. The number of hydrogen-bond donors (Lipinski definition) is 2. The molecule has 0 radical (unpaired) electrons. The number of carboxylic acid groups (broad SMARTS) is 1. The summed E-state index contributed by atoms with van der Waals surface area (Å²) in [7, 11) is 0. The average molecular weight is 367 g/mol. The molecule has 1 saturated carbocycles. The van der Waals surface area contributed by atoms with Crippen molar-refractivity contribution in [1.82, 2.24) is 14.8 Å². The molecule has 0 spiro atoms. The Bertz CT molecular complexity index is 980. The van der Waals surface area contributed by atoms with Crippen LogP contribution >= 0.6 is 0 Å². The van der Waals surface area contributed by atoms with E-state index in [0.29, 0.717) is 35.4 Å². The molecule has 0 aliphatic heterocycles. The van der Waals surface area contributed by atoms with Crippen LogP contribution in [0.4, 0.5) is 4.39 Å². The summed E-state index contributed by atoms with van der Waals surface area (Å²) in [4.78, 5) is 16.1. The molecule has 1 aliphatic rings. The third kappa shape index (κ3) is 2.90. The summed E-state index contributed by atoms with van der Waals surface area (Å²) in [6.07, 6.45) is 4.30. The average Bonchev–Trinajstić information content (AvgIpc) is 3.40. The minimum absolute atomic E-state index is 0.164. The summed E-state index contributed by atoms with van der Waals surface area (Å²) in [6, 6.07) is 9.54. The van der Waals surface area contributed by atoms with Crippen LogP contribution in [0.5, 0.6) is 0 Å². The number of hydrogen-bond acceptors (Lipinski definition) is 4. The minimum Gasteiger partial charge on any atom is -0.481 e. The fourth-order valence-electron chi connectivity index (χ4n) is 3.48. The number of rotatable bonds is 6. The van der Waals surface area contributed by atoms with Crippen LogP contribution in [0.3, 0.4) is 0 Å². The molecule has 0 atom stereocenters. The number of carbonyl (C=O) groups is 1. The smallest absolute Gasteiger partial charge is 0.315 e. The fourth-order valence-corrected chi connectivity index (χ4v) is 3.48. The molecule has 2 heterocycles. The summed E-state index contributed by atoms with van der Waals surface area (Å²) in [6.45, 7) is 0.0205. The molecule has 2 N–H and O–H groups in total.